The number of allylic oxidation sites excluding steroid dienone is 1. The minimum absolute atomic E-state index is 0.103. The lowest BCUT2D eigenvalue weighted by Crippen LogP contribution is -2.67. The molecule has 3 N–H and O–H groups in total. The molecule has 1 heterocycles. The number of fused-ring (bicyclic) bond motifs is 7. The minimum atomic E-state index is -0.820. The Kier molecular flexibility index (Phi) is 9.36. The molecule has 0 spiro atoms. The number of aromatic amines is 1. The van der Waals surface area contributed by atoms with Crippen LogP contribution in [0.25, 0.3) is 11.3 Å². The average Bonchev–Trinajstić information content (AvgIpc) is 3.78. The standard InChI is InChI=1S/C48H67N3O5/c1-28(2)30-17-22-48(42(55)50-27-38-49-26-34(51-38)29-13-11-10-12-14-29)24-23-46(8)31(39(30)48)15-16-36-45(7)20-19-37(44(5,6)35(45)18-21-47(36,46)9)56-41(54)33-25-32(40(52)53)43(33,3)4/h10-14,26,30-33,35-37,39H,1,15-25,27H2,2-9H3,(H,49,51)(H,50,55)(H,52,53)/t30-,31+,32-,33+,35-,36+,37-,39+,45-,46+,47+,48-/m0/s1. The molecule has 0 aliphatic heterocycles. The molecule has 8 rings (SSSR count). The van der Waals surface area contributed by atoms with Crippen LogP contribution in [0.4, 0.5) is 0 Å². The lowest BCUT2D eigenvalue weighted by molar-refractivity contribution is -0.250. The zero-order valence-corrected chi connectivity index (χ0v) is 35.3. The summed E-state index contributed by atoms with van der Waals surface area (Å²) < 4.78 is 6.44. The van der Waals surface area contributed by atoms with E-state index in [1.54, 1.807) is 0 Å². The topological polar surface area (TPSA) is 121 Å². The van der Waals surface area contributed by atoms with Crippen LogP contribution in [0.2, 0.25) is 0 Å². The van der Waals surface area contributed by atoms with Crippen molar-refractivity contribution in [2.75, 3.05) is 0 Å². The molecule has 6 fully saturated rings. The lowest BCUT2D eigenvalue weighted by Gasteiger charge is -2.73. The molecular formula is C48H67N3O5. The first-order chi connectivity index (χ1) is 26.3. The number of nitrogens with one attached hydrogen (secondary N) is 2. The number of aliphatic carboxylic acids is 1. The Hall–Kier alpha value is -3.42. The molecule has 8 nitrogen and oxygen atoms in total. The third kappa shape index (κ3) is 5.56. The molecule has 56 heavy (non-hydrogen) atoms. The summed E-state index contributed by atoms with van der Waals surface area (Å²) in [5.41, 5.74) is 2.46. The Morgan fingerprint density at radius 2 is 1.59 bits per heavy atom. The monoisotopic (exact) mass is 766 g/mol. The molecular weight excluding hydrogens is 699 g/mol. The maximum Gasteiger partial charge on any atom is 0.309 e. The normalized spacial score (nSPS) is 41.8. The molecule has 6 saturated carbocycles. The largest absolute Gasteiger partial charge is 0.481 e. The van der Waals surface area contributed by atoms with Crippen LogP contribution in [-0.2, 0) is 25.7 Å². The van der Waals surface area contributed by atoms with Crippen LogP contribution >= 0.6 is 0 Å². The number of carboxylic acids is 1. The summed E-state index contributed by atoms with van der Waals surface area (Å²) in [5.74, 6) is 1.15. The molecule has 0 radical (unpaired) electrons. The zero-order chi connectivity index (χ0) is 40.2. The van der Waals surface area contributed by atoms with E-state index in [1.165, 1.54) is 12.0 Å². The third-order valence-corrected chi connectivity index (χ3v) is 18.7. The fraction of sp³-hybridized carbons (Fsp3) is 0.708. The Labute approximate surface area is 334 Å². The number of aromatic nitrogens is 2. The molecule has 0 unspecified atom stereocenters. The molecule has 12 atom stereocenters. The summed E-state index contributed by atoms with van der Waals surface area (Å²) >= 11 is 0. The maximum atomic E-state index is 14.7. The van der Waals surface area contributed by atoms with Gasteiger partial charge in [0.05, 0.1) is 35.7 Å². The van der Waals surface area contributed by atoms with E-state index in [-0.39, 0.29) is 51.5 Å². The number of carbonyl (C=O) groups excluding carboxylic acids is 2. The van der Waals surface area contributed by atoms with Crippen LogP contribution in [-0.4, -0.2) is 39.0 Å². The maximum absolute atomic E-state index is 14.7. The number of imidazole rings is 1. The summed E-state index contributed by atoms with van der Waals surface area (Å²) in [6, 6.07) is 10.2. The van der Waals surface area contributed by atoms with E-state index < -0.39 is 22.7 Å². The Bertz CT molecular complexity index is 1900. The molecule has 1 amide bonds. The first kappa shape index (κ1) is 39.4. The number of amides is 1. The number of esters is 1. The predicted molar refractivity (Wildman–Crippen MR) is 218 cm³/mol. The summed E-state index contributed by atoms with van der Waals surface area (Å²) in [4.78, 5) is 48.2. The van der Waals surface area contributed by atoms with Crippen LogP contribution < -0.4 is 5.32 Å². The van der Waals surface area contributed by atoms with Crippen molar-refractivity contribution < 1.29 is 24.2 Å². The van der Waals surface area contributed by atoms with Gasteiger partial charge in [-0.05, 0) is 134 Å². The number of hydrogen-bond acceptors (Lipinski definition) is 5. The van der Waals surface area contributed by atoms with Gasteiger partial charge in [0, 0.05) is 5.41 Å². The van der Waals surface area contributed by atoms with Gasteiger partial charge in [0.25, 0.3) is 0 Å². The zero-order valence-electron chi connectivity index (χ0n) is 35.3. The Morgan fingerprint density at radius 3 is 2.27 bits per heavy atom. The van der Waals surface area contributed by atoms with Crippen molar-refractivity contribution in [1.82, 2.24) is 15.3 Å². The van der Waals surface area contributed by atoms with Crippen molar-refractivity contribution in [1.29, 1.82) is 0 Å². The minimum Gasteiger partial charge on any atom is -0.481 e. The van der Waals surface area contributed by atoms with Gasteiger partial charge in [-0.2, -0.15) is 0 Å². The van der Waals surface area contributed by atoms with Crippen LogP contribution in [0.3, 0.4) is 0 Å². The highest BCUT2D eigenvalue weighted by molar-refractivity contribution is 5.84. The molecule has 1 aromatic carbocycles. The fourth-order valence-electron chi connectivity index (χ4n) is 15.2. The SMILES string of the molecule is C=C(C)[C@@H]1CC[C@]2(C(=O)NCc3ncc(-c4ccccc4)[nH]3)CC[C@]3(C)[C@H](CC[C@@H]4[C@@]5(C)CC[C@H](OC(=O)[C@H]6C[C@@H](C(=O)O)C6(C)C)C(C)(C)[C@@H]5CC[C@]43C)[C@@H]12. The lowest BCUT2D eigenvalue weighted by atomic mass is 9.32. The summed E-state index contributed by atoms with van der Waals surface area (Å²) in [7, 11) is 0. The van der Waals surface area contributed by atoms with Crippen molar-refractivity contribution >= 4 is 17.8 Å². The highest BCUT2D eigenvalue weighted by Gasteiger charge is 2.72. The molecule has 1 aromatic heterocycles. The molecule has 304 valence electrons. The van der Waals surface area contributed by atoms with Crippen molar-refractivity contribution in [3.05, 3.63) is 54.5 Å². The van der Waals surface area contributed by atoms with Gasteiger partial charge < -0.3 is 20.1 Å². The molecule has 8 heteroatoms. The number of carboxylic acid groups (broad SMARTS) is 1. The highest BCUT2D eigenvalue weighted by atomic mass is 16.5. The van der Waals surface area contributed by atoms with Gasteiger partial charge in [0.1, 0.15) is 11.9 Å². The van der Waals surface area contributed by atoms with E-state index in [4.69, 9.17) is 4.74 Å². The predicted octanol–water partition coefficient (Wildman–Crippen LogP) is 10.0. The van der Waals surface area contributed by atoms with Crippen molar-refractivity contribution in [3.63, 3.8) is 0 Å². The number of ether oxygens (including phenoxy) is 1. The first-order valence-electron chi connectivity index (χ1n) is 21.8. The van der Waals surface area contributed by atoms with Crippen LogP contribution in [0.15, 0.2) is 48.7 Å². The summed E-state index contributed by atoms with van der Waals surface area (Å²) in [6.07, 6.45) is 12.4. The van der Waals surface area contributed by atoms with E-state index in [0.29, 0.717) is 36.6 Å². The number of rotatable bonds is 8. The number of hydrogen-bond donors (Lipinski definition) is 3. The van der Waals surface area contributed by atoms with Gasteiger partial charge in [-0.3, -0.25) is 14.4 Å². The fourth-order valence-corrected chi connectivity index (χ4v) is 15.2. The molecule has 6 aliphatic rings. The van der Waals surface area contributed by atoms with Gasteiger partial charge in [-0.15, -0.1) is 0 Å². The van der Waals surface area contributed by atoms with Gasteiger partial charge in [-0.1, -0.05) is 91.0 Å². The van der Waals surface area contributed by atoms with Gasteiger partial charge in [-0.25, -0.2) is 4.98 Å². The second-order valence-electron chi connectivity index (χ2n) is 21.4. The number of H-pyrrole nitrogens is 1. The average molecular weight is 766 g/mol. The quantitative estimate of drug-likeness (QED) is 0.182. The number of benzene rings is 1. The molecule has 0 saturated heterocycles. The van der Waals surface area contributed by atoms with E-state index in [1.807, 2.05) is 38.2 Å². The van der Waals surface area contributed by atoms with Crippen molar-refractivity contribution in [2.45, 2.75) is 139 Å². The van der Waals surface area contributed by atoms with Crippen LogP contribution in [0, 0.1) is 73.9 Å². The second kappa shape index (κ2) is 13.3. The first-order valence-corrected chi connectivity index (χ1v) is 21.8. The van der Waals surface area contributed by atoms with Crippen molar-refractivity contribution in [2.24, 2.45) is 73.9 Å². The van der Waals surface area contributed by atoms with E-state index in [0.717, 1.165) is 74.9 Å². The second-order valence-corrected chi connectivity index (χ2v) is 21.4. The highest BCUT2D eigenvalue weighted by Crippen LogP contribution is 2.77. The van der Waals surface area contributed by atoms with E-state index in [2.05, 4.69) is 75.5 Å². The van der Waals surface area contributed by atoms with E-state index in [9.17, 15) is 19.5 Å². The smallest absolute Gasteiger partial charge is 0.309 e. The summed E-state index contributed by atoms with van der Waals surface area (Å²) in [6.45, 7) is 23.4. The Morgan fingerprint density at radius 1 is 0.857 bits per heavy atom. The molecule has 2 aromatic rings. The number of nitrogens with zero attached hydrogens (tertiary/aromatic N) is 1. The van der Waals surface area contributed by atoms with Crippen LogP contribution in [0.5, 0.6) is 0 Å². The number of carbonyl (C=O) groups is 3. The van der Waals surface area contributed by atoms with Gasteiger partial charge in [0.15, 0.2) is 0 Å². The van der Waals surface area contributed by atoms with Crippen LogP contribution in [0.1, 0.15) is 132 Å². The van der Waals surface area contributed by atoms with E-state index >= 15 is 0 Å². The Balaban J connectivity index is 1.01. The molecule has 6 aliphatic carbocycles. The van der Waals surface area contributed by atoms with Crippen molar-refractivity contribution in [3.8, 4) is 11.3 Å². The third-order valence-electron chi connectivity index (χ3n) is 18.7. The van der Waals surface area contributed by atoms with Gasteiger partial charge in [0.2, 0.25) is 5.91 Å². The van der Waals surface area contributed by atoms with Gasteiger partial charge >= 0.3 is 11.9 Å². The molecule has 0 bridgehead atoms. The summed E-state index contributed by atoms with van der Waals surface area (Å²) in [5, 5.41) is 13.1.